The highest BCUT2D eigenvalue weighted by molar-refractivity contribution is 6.03. The number of benzene rings is 2. The van der Waals surface area contributed by atoms with Gasteiger partial charge in [-0.2, -0.15) is 0 Å². The summed E-state index contributed by atoms with van der Waals surface area (Å²) in [5.41, 5.74) is 1.88. The van der Waals surface area contributed by atoms with Crippen molar-refractivity contribution in [1.29, 1.82) is 0 Å². The molecule has 3 amide bonds. The smallest absolute Gasteiger partial charge is 0.325 e. The molecule has 5 rings (SSSR count). The topological polar surface area (TPSA) is 71.5 Å². The Kier molecular flexibility index (Phi) is 6.19. The SMILES string of the molecule is CN1C(=O)NC(=O)C2C1N=C(N1CCN(Cc3ccccc3F)CC1)N2CCc1ccccc1. The van der Waals surface area contributed by atoms with Crippen LogP contribution in [0.25, 0.3) is 0 Å². The number of fused-ring (bicyclic) bond motifs is 1. The zero-order valence-electron chi connectivity index (χ0n) is 19.2. The average molecular weight is 465 g/mol. The number of piperazine rings is 1. The van der Waals surface area contributed by atoms with Crippen LogP contribution in [0.15, 0.2) is 59.6 Å². The number of hydrogen-bond donors (Lipinski definition) is 1. The van der Waals surface area contributed by atoms with E-state index in [4.69, 9.17) is 4.99 Å². The van der Waals surface area contributed by atoms with Gasteiger partial charge in [0.1, 0.15) is 5.82 Å². The molecular formula is C25H29FN6O2. The third-order valence-electron chi connectivity index (χ3n) is 6.83. The lowest BCUT2D eigenvalue weighted by Gasteiger charge is -2.40. The maximum atomic E-state index is 14.1. The highest BCUT2D eigenvalue weighted by Crippen LogP contribution is 2.26. The van der Waals surface area contributed by atoms with Gasteiger partial charge in [-0.3, -0.25) is 15.0 Å². The van der Waals surface area contributed by atoms with Gasteiger partial charge in [0.15, 0.2) is 18.2 Å². The van der Waals surface area contributed by atoms with Gasteiger partial charge in [0.25, 0.3) is 5.91 Å². The van der Waals surface area contributed by atoms with E-state index in [1.807, 2.05) is 35.2 Å². The summed E-state index contributed by atoms with van der Waals surface area (Å²) in [6.07, 6.45) is 0.227. The predicted octanol–water partition coefficient (Wildman–Crippen LogP) is 1.73. The molecule has 0 aliphatic carbocycles. The van der Waals surface area contributed by atoms with Crippen molar-refractivity contribution in [1.82, 2.24) is 24.9 Å². The second-order valence-corrected chi connectivity index (χ2v) is 8.98. The summed E-state index contributed by atoms with van der Waals surface area (Å²) in [7, 11) is 1.67. The van der Waals surface area contributed by atoms with Crippen molar-refractivity contribution in [3.05, 3.63) is 71.5 Å². The van der Waals surface area contributed by atoms with Gasteiger partial charge in [0, 0.05) is 51.9 Å². The minimum Gasteiger partial charge on any atom is -0.340 e. The Morgan fingerprint density at radius 2 is 1.71 bits per heavy atom. The molecule has 2 atom stereocenters. The molecule has 2 unspecified atom stereocenters. The summed E-state index contributed by atoms with van der Waals surface area (Å²) in [5.74, 6) is 0.270. The van der Waals surface area contributed by atoms with Crippen LogP contribution in [0.4, 0.5) is 9.18 Å². The lowest BCUT2D eigenvalue weighted by Crippen LogP contribution is -2.64. The molecule has 0 spiro atoms. The number of carbonyl (C=O) groups is 2. The molecule has 34 heavy (non-hydrogen) atoms. The number of imide groups is 1. The van der Waals surface area contributed by atoms with E-state index in [2.05, 4.69) is 27.2 Å². The van der Waals surface area contributed by atoms with Crippen LogP contribution in [0.5, 0.6) is 0 Å². The molecule has 8 nitrogen and oxygen atoms in total. The Bertz CT molecular complexity index is 1090. The van der Waals surface area contributed by atoms with E-state index in [0.29, 0.717) is 31.7 Å². The first-order valence-corrected chi connectivity index (χ1v) is 11.7. The Labute approximate surface area is 198 Å². The number of guanidine groups is 1. The van der Waals surface area contributed by atoms with E-state index in [9.17, 15) is 14.0 Å². The molecule has 3 heterocycles. The molecule has 2 aromatic carbocycles. The molecule has 9 heteroatoms. The molecule has 3 aliphatic heterocycles. The van der Waals surface area contributed by atoms with Crippen molar-refractivity contribution >= 4 is 17.9 Å². The summed E-state index contributed by atoms with van der Waals surface area (Å²) in [5, 5.41) is 2.46. The van der Waals surface area contributed by atoms with Gasteiger partial charge < -0.3 is 14.7 Å². The van der Waals surface area contributed by atoms with Crippen LogP contribution < -0.4 is 5.32 Å². The van der Waals surface area contributed by atoms with E-state index < -0.39 is 18.2 Å². The summed E-state index contributed by atoms with van der Waals surface area (Å²) < 4.78 is 14.1. The first kappa shape index (κ1) is 22.3. The lowest BCUT2D eigenvalue weighted by molar-refractivity contribution is -0.127. The van der Waals surface area contributed by atoms with Crippen molar-refractivity contribution in [3.8, 4) is 0 Å². The van der Waals surface area contributed by atoms with E-state index >= 15 is 0 Å². The number of urea groups is 1. The molecule has 0 saturated carbocycles. The van der Waals surface area contributed by atoms with Crippen LogP contribution >= 0.6 is 0 Å². The van der Waals surface area contributed by atoms with E-state index in [0.717, 1.165) is 25.5 Å². The molecule has 3 aliphatic rings. The number of likely N-dealkylation sites (N-methyl/N-ethyl adjacent to an activating group) is 1. The molecule has 1 N–H and O–H groups in total. The lowest BCUT2D eigenvalue weighted by atomic mass is 10.1. The second-order valence-electron chi connectivity index (χ2n) is 8.98. The van der Waals surface area contributed by atoms with Gasteiger partial charge in [-0.1, -0.05) is 48.5 Å². The fourth-order valence-corrected chi connectivity index (χ4v) is 4.88. The fourth-order valence-electron chi connectivity index (χ4n) is 4.88. The van der Waals surface area contributed by atoms with Crippen LogP contribution in [0.1, 0.15) is 11.1 Å². The zero-order valence-corrected chi connectivity index (χ0v) is 19.2. The second kappa shape index (κ2) is 9.42. The first-order valence-electron chi connectivity index (χ1n) is 11.7. The maximum Gasteiger partial charge on any atom is 0.325 e. The van der Waals surface area contributed by atoms with Crippen molar-refractivity contribution in [2.45, 2.75) is 25.2 Å². The molecule has 2 saturated heterocycles. The molecule has 178 valence electrons. The quantitative estimate of drug-likeness (QED) is 0.730. The molecule has 0 bridgehead atoms. The summed E-state index contributed by atoms with van der Waals surface area (Å²) in [6.45, 7) is 4.14. The minimum atomic E-state index is -0.544. The number of hydrogen-bond acceptors (Lipinski definition) is 6. The number of nitrogens with one attached hydrogen (secondary N) is 1. The number of carbonyl (C=O) groups excluding carboxylic acids is 2. The summed E-state index contributed by atoms with van der Waals surface area (Å²) >= 11 is 0. The first-order chi connectivity index (χ1) is 16.5. The number of aliphatic imine (C=N–C) groups is 1. The minimum absolute atomic E-state index is 0.181. The fraction of sp³-hybridized carbons (Fsp3) is 0.400. The third-order valence-corrected chi connectivity index (χ3v) is 6.83. The van der Waals surface area contributed by atoms with Crippen molar-refractivity contribution in [2.75, 3.05) is 39.8 Å². The van der Waals surface area contributed by atoms with Crippen molar-refractivity contribution in [2.24, 2.45) is 4.99 Å². The standard InChI is InChI=1S/C25H29FN6O2/c1-29-22-21(23(33)28-25(29)34)32(12-11-18-7-3-2-4-8-18)24(27-22)31-15-13-30(14-16-31)17-19-9-5-6-10-20(19)26/h2-10,21-22H,11-17H2,1H3,(H,28,33,34). The van der Waals surface area contributed by atoms with Gasteiger partial charge in [0.05, 0.1) is 0 Å². The molecule has 2 fully saturated rings. The Morgan fingerprint density at radius 3 is 2.44 bits per heavy atom. The van der Waals surface area contributed by atoms with E-state index in [-0.39, 0.29) is 11.7 Å². The molecule has 0 radical (unpaired) electrons. The van der Waals surface area contributed by atoms with Crippen molar-refractivity contribution in [3.63, 3.8) is 0 Å². The maximum absolute atomic E-state index is 14.1. The van der Waals surface area contributed by atoms with Crippen LogP contribution in [0.2, 0.25) is 0 Å². The van der Waals surface area contributed by atoms with Gasteiger partial charge in [0.2, 0.25) is 0 Å². The van der Waals surface area contributed by atoms with Gasteiger partial charge in [-0.05, 0) is 18.1 Å². The van der Waals surface area contributed by atoms with Crippen LogP contribution in [0.3, 0.4) is 0 Å². The van der Waals surface area contributed by atoms with Crippen LogP contribution in [0, 0.1) is 5.82 Å². The van der Waals surface area contributed by atoms with Crippen LogP contribution in [-0.2, 0) is 17.8 Å². The Balaban J connectivity index is 1.31. The average Bonchev–Trinajstić information content (AvgIpc) is 3.24. The number of nitrogens with zero attached hydrogens (tertiary/aromatic N) is 5. The molecule has 2 aromatic rings. The zero-order chi connectivity index (χ0) is 23.7. The van der Waals surface area contributed by atoms with Gasteiger partial charge >= 0.3 is 6.03 Å². The van der Waals surface area contributed by atoms with Crippen molar-refractivity contribution < 1.29 is 14.0 Å². The third kappa shape index (κ3) is 4.35. The summed E-state index contributed by atoms with van der Waals surface area (Å²) in [6, 6.07) is 16.1. The number of halogens is 1. The highest BCUT2D eigenvalue weighted by atomic mass is 19.1. The van der Waals surface area contributed by atoms with Gasteiger partial charge in [-0.15, -0.1) is 0 Å². The predicted molar refractivity (Wildman–Crippen MR) is 126 cm³/mol. The van der Waals surface area contributed by atoms with E-state index in [1.165, 1.54) is 16.5 Å². The normalized spacial score (nSPS) is 23.1. The van der Waals surface area contributed by atoms with Crippen LogP contribution in [-0.4, -0.2) is 89.5 Å². The van der Waals surface area contributed by atoms with E-state index in [1.54, 1.807) is 13.1 Å². The summed E-state index contributed by atoms with van der Waals surface area (Å²) in [4.78, 5) is 37.9. The Morgan fingerprint density at radius 1 is 1.00 bits per heavy atom. The number of amides is 3. The molecule has 0 aromatic heterocycles. The largest absolute Gasteiger partial charge is 0.340 e. The van der Waals surface area contributed by atoms with Gasteiger partial charge in [-0.25, -0.2) is 14.2 Å². The Hall–Kier alpha value is -3.46. The highest BCUT2D eigenvalue weighted by Gasteiger charge is 2.49. The molecular weight excluding hydrogens is 435 g/mol. The number of rotatable bonds is 5. The monoisotopic (exact) mass is 464 g/mol.